The molecule has 4 rings (SSSR count). The minimum atomic E-state index is -0.181. The Morgan fingerprint density at radius 3 is 2.52 bits per heavy atom. The number of carbonyl (C=O) groups excluding carboxylic acids is 1. The lowest BCUT2D eigenvalue weighted by atomic mass is 10.2. The monoisotopic (exact) mass is 411 g/mol. The number of piperazine rings is 1. The van der Waals surface area contributed by atoms with Gasteiger partial charge in [-0.2, -0.15) is 0 Å². The molecule has 0 N–H and O–H groups in total. The quantitative estimate of drug-likeness (QED) is 0.639. The van der Waals surface area contributed by atoms with E-state index in [0.29, 0.717) is 30.9 Å². The number of amides is 1. The number of ether oxygens (including phenoxy) is 1. The molecule has 150 valence electrons. The van der Waals surface area contributed by atoms with E-state index in [2.05, 4.69) is 9.88 Å². The van der Waals surface area contributed by atoms with E-state index in [4.69, 9.17) is 4.74 Å². The number of carbonyl (C=O) groups is 1. The standard InChI is InChI=1S/C22H22FN3O2S/c1-28-18-8-6-16(7-9-18)21-24-20(15-29-21)22(27)26-12-10-25(11-13-26)14-17-4-2-3-5-19(17)23/h2-9,15H,10-14H2,1H3. The van der Waals surface area contributed by atoms with Gasteiger partial charge >= 0.3 is 0 Å². The van der Waals surface area contributed by atoms with Gasteiger partial charge in [0.25, 0.3) is 5.91 Å². The lowest BCUT2D eigenvalue weighted by Gasteiger charge is -2.34. The molecule has 1 aromatic heterocycles. The highest BCUT2D eigenvalue weighted by molar-refractivity contribution is 7.13. The summed E-state index contributed by atoms with van der Waals surface area (Å²) in [5.41, 5.74) is 2.13. The number of aromatic nitrogens is 1. The SMILES string of the molecule is COc1ccc(-c2nc(C(=O)N3CCN(Cc4ccccc4F)CC3)cs2)cc1. The number of hydrogen-bond donors (Lipinski definition) is 0. The van der Waals surface area contributed by atoms with Crippen molar-refractivity contribution in [3.63, 3.8) is 0 Å². The molecule has 5 nitrogen and oxygen atoms in total. The molecule has 1 saturated heterocycles. The van der Waals surface area contributed by atoms with E-state index >= 15 is 0 Å². The predicted molar refractivity (Wildman–Crippen MR) is 112 cm³/mol. The van der Waals surface area contributed by atoms with Crippen LogP contribution in [0, 0.1) is 5.82 Å². The third kappa shape index (κ3) is 4.46. The van der Waals surface area contributed by atoms with Crippen molar-refractivity contribution in [3.8, 4) is 16.3 Å². The van der Waals surface area contributed by atoms with Gasteiger partial charge in [-0.15, -0.1) is 11.3 Å². The number of hydrogen-bond acceptors (Lipinski definition) is 5. The number of nitrogens with zero attached hydrogens (tertiary/aromatic N) is 3. The lowest BCUT2D eigenvalue weighted by Crippen LogP contribution is -2.48. The first-order valence-electron chi connectivity index (χ1n) is 9.49. The Morgan fingerprint density at radius 1 is 1.10 bits per heavy atom. The summed E-state index contributed by atoms with van der Waals surface area (Å²) in [6, 6.07) is 14.5. The smallest absolute Gasteiger partial charge is 0.273 e. The fourth-order valence-corrected chi connectivity index (χ4v) is 4.18. The lowest BCUT2D eigenvalue weighted by molar-refractivity contribution is 0.0622. The van der Waals surface area contributed by atoms with Gasteiger partial charge in [0.2, 0.25) is 0 Å². The van der Waals surface area contributed by atoms with Crippen LogP contribution in [0.1, 0.15) is 16.1 Å². The van der Waals surface area contributed by atoms with Crippen LogP contribution in [0.2, 0.25) is 0 Å². The van der Waals surface area contributed by atoms with Gasteiger partial charge in [0.15, 0.2) is 0 Å². The molecule has 0 unspecified atom stereocenters. The van der Waals surface area contributed by atoms with Crippen LogP contribution in [0.3, 0.4) is 0 Å². The van der Waals surface area contributed by atoms with Crippen LogP contribution < -0.4 is 4.74 Å². The highest BCUT2D eigenvalue weighted by atomic mass is 32.1. The van der Waals surface area contributed by atoms with E-state index in [9.17, 15) is 9.18 Å². The van der Waals surface area contributed by atoms with E-state index < -0.39 is 0 Å². The third-order valence-electron chi connectivity index (χ3n) is 5.07. The molecule has 3 aromatic rings. The van der Waals surface area contributed by atoms with Gasteiger partial charge in [0.05, 0.1) is 7.11 Å². The molecule has 0 radical (unpaired) electrons. The summed E-state index contributed by atoms with van der Waals surface area (Å²) in [4.78, 5) is 21.4. The van der Waals surface area contributed by atoms with Crippen molar-refractivity contribution >= 4 is 17.2 Å². The van der Waals surface area contributed by atoms with E-state index in [1.807, 2.05) is 46.7 Å². The fourth-order valence-electron chi connectivity index (χ4n) is 3.38. The second kappa shape index (κ2) is 8.71. The zero-order valence-corrected chi connectivity index (χ0v) is 17.0. The molecular weight excluding hydrogens is 389 g/mol. The van der Waals surface area contributed by atoms with Gasteiger partial charge in [0.1, 0.15) is 22.3 Å². The molecule has 2 aromatic carbocycles. The Morgan fingerprint density at radius 2 is 1.83 bits per heavy atom. The number of halogens is 1. The highest BCUT2D eigenvalue weighted by Gasteiger charge is 2.24. The van der Waals surface area contributed by atoms with Crippen molar-refractivity contribution in [2.24, 2.45) is 0 Å². The van der Waals surface area contributed by atoms with Crippen LogP contribution >= 0.6 is 11.3 Å². The van der Waals surface area contributed by atoms with Gasteiger partial charge in [-0.05, 0) is 30.3 Å². The summed E-state index contributed by atoms with van der Waals surface area (Å²) in [5.74, 6) is 0.556. The molecule has 0 aliphatic carbocycles. The van der Waals surface area contributed by atoms with E-state index in [1.165, 1.54) is 17.4 Å². The first-order valence-corrected chi connectivity index (χ1v) is 10.4. The minimum Gasteiger partial charge on any atom is -0.497 e. The van der Waals surface area contributed by atoms with Gasteiger partial charge in [-0.25, -0.2) is 9.37 Å². The summed E-state index contributed by atoms with van der Waals surface area (Å²) in [6.45, 7) is 3.23. The second-order valence-corrected chi connectivity index (χ2v) is 7.78. The van der Waals surface area contributed by atoms with Crippen LogP contribution in [0.4, 0.5) is 4.39 Å². The summed E-state index contributed by atoms with van der Waals surface area (Å²) < 4.78 is 19.0. The summed E-state index contributed by atoms with van der Waals surface area (Å²) >= 11 is 1.46. The van der Waals surface area contributed by atoms with Crippen LogP contribution in [0.5, 0.6) is 5.75 Å². The average Bonchev–Trinajstić information content (AvgIpc) is 3.26. The first kappa shape index (κ1) is 19.5. The normalized spacial score (nSPS) is 14.8. The van der Waals surface area contributed by atoms with Crippen molar-refractivity contribution in [1.29, 1.82) is 0 Å². The summed E-state index contributed by atoms with van der Waals surface area (Å²) in [5, 5.41) is 2.63. The fraction of sp³-hybridized carbons (Fsp3) is 0.273. The predicted octanol–water partition coefficient (Wildman–Crippen LogP) is 3.92. The van der Waals surface area contributed by atoms with Crippen molar-refractivity contribution in [2.45, 2.75) is 6.54 Å². The average molecular weight is 412 g/mol. The molecule has 2 heterocycles. The maximum atomic E-state index is 13.9. The van der Waals surface area contributed by atoms with Gasteiger partial charge in [-0.1, -0.05) is 18.2 Å². The molecule has 1 aliphatic rings. The van der Waals surface area contributed by atoms with E-state index in [1.54, 1.807) is 13.2 Å². The number of benzene rings is 2. The maximum absolute atomic E-state index is 13.9. The largest absolute Gasteiger partial charge is 0.497 e. The number of rotatable bonds is 5. The number of thiazole rings is 1. The van der Waals surface area contributed by atoms with Crippen LogP contribution in [-0.4, -0.2) is 54.0 Å². The second-order valence-electron chi connectivity index (χ2n) is 6.93. The molecular formula is C22H22FN3O2S. The molecule has 0 atom stereocenters. The third-order valence-corrected chi connectivity index (χ3v) is 5.96. The molecule has 1 fully saturated rings. The first-order chi connectivity index (χ1) is 14.1. The summed E-state index contributed by atoms with van der Waals surface area (Å²) in [7, 11) is 1.63. The van der Waals surface area contributed by atoms with Crippen LogP contribution in [0.25, 0.3) is 10.6 Å². The van der Waals surface area contributed by atoms with Crippen molar-refractivity contribution in [1.82, 2.24) is 14.8 Å². The van der Waals surface area contributed by atoms with E-state index in [0.717, 1.165) is 29.4 Å². The molecule has 1 aliphatic heterocycles. The van der Waals surface area contributed by atoms with Crippen molar-refractivity contribution in [2.75, 3.05) is 33.3 Å². The topological polar surface area (TPSA) is 45.7 Å². The van der Waals surface area contributed by atoms with Gasteiger partial charge < -0.3 is 9.64 Å². The van der Waals surface area contributed by atoms with Crippen molar-refractivity contribution in [3.05, 3.63) is 71.0 Å². The highest BCUT2D eigenvalue weighted by Crippen LogP contribution is 2.26. The molecule has 1 amide bonds. The molecule has 29 heavy (non-hydrogen) atoms. The van der Waals surface area contributed by atoms with Gasteiger partial charge in [-0.3, -0.25) is 9.69 Å². The molecule has 0 spiro atoms. The zero-order chi connectivity index (χ0) is 20.2. The zero-order valence-electron chi connectivity index (χ0n) is 16.2. The Kier molecular flexibility index (Phi) is 5.87. The van der Waals surface area contributed by atoms with Crippen LogP contribution in [-0.2, 0) is 6.54 Å². The Labute approximate surface area is 173 Å². The molecule has 0 bridgehead atoms. The molecule has 0 saturated carbocycles. The Bertz CT molecular complexity index is 982. The summed E-state index contributed by atoms with van der Waals surface area (Å²) in [6.07, 6.45) is 0. The molecule has 7 heteroatoms. The maximum Gasteiger partial charge on any atom is 0.273 e. The van der Waals surface area contributed by atoms with Crippen LogP contribution in [0.15, 0.2) is 53.9 Å². The minimum absolute atomic E-state index is 0.0495. The van der Waals surface area contributed by atoms with E-state index in [-0.39, 0.29) is 11.7 Å². The van der Waals surface area contributed by atoms with Gasteiger partial charge in [0, 0.05) is 49.2 Å². The number of methoxy groups -OCH3 is 1. The Balaban J connectivity index is 1.36. The van der Waals surface area contributed by atoms with Crippen molar-refractivity contribution < 1.29 is 13.9 Å². The Hall–Kier alpha value is -2.77.